The summed E-state index contributed by atoms with van der Waals surface area (Å²) in [4.78, 5) is 10.8. The van der Waals surface area contributed by atoms with E-state index >= 15 is 0 Å². The Morgan fingerprint density at radius 1 is 1.53 bits per heavy atom. The second-order valence-electron chi connectivity index (χ2n) is 4.13. The number of carboxylic acids is 1. The normalized spacial score (nSPS) is 14.2. The number of carbonyl (C=O) groups is 1. The van der Waals surface area contributed by atoms with Gasteiger partial charge in [0.15, 0.2) is 0 Å². The summed E-state index contributed by atoms with van der Waals surface area (Å²) >= 11 is 0. The van der Waals surface area contributed by atoms with Crippen molar-refractivity contribution in [2.45, 2.75) is 18.9 Å². The molecule has 0 unspecified atom stereocenters. The van der Waals surface area contributed by atoms with Crippen LogP contribution in [0.15, 0.2) is 18.2 Å². The summed E-state index contributed by atoms with van der Waals surface area (Å²) in [7, 11) is -1.90. The number of benzene rings is 1. The van der Waals surface area contributed by atoms with Gasteiger partial charge in [-0.05, 0) is 18.6 Å². The Hall–Kier alpha value is -1.44. The molecule has 0 amide bonds. The second-order valence-corrected chi connectivity index (χ2v) is 4.13. The molecule has 0 radical (unpaired) electrons. The highest BCUT2D eigenvalue weighted by atomic mass is 19.1. The predicted octanol–water partition coefficient (Wildman–Crippen LogP) is -1.15. The van der Waals surface area contributed by atoms with Gasteiger partial charge in [-0.25, -0.2) is 4.39 Å². The number of hydrogen-bond donors (Lipinski definition) is 4. The van der Waals surface area contributed by atoms with E-state index in [9.17, 15) is 9.18 Å². The molecular formula is C10H13BFNO4. The highest BCUT2D eigenvalue weighted by Gasteiger charge is 2.28. The molecule has 0 aromatic heterocycles. The SMILES string of the molecule is C[C@@](N)(Cc1ccc(B(O)O)c(F)c1)C(=O)O. The first-order chi connectivity index (χ1) is 7.74. The number of rotatable bonds is 4. The molecule has 0 bridgehead atoms. The zero-order valence-corrected chi connectivity index (χ0v) is 9.22. The van der Waals surface area contributed by atoms with Crippen molar-refractivity contribution in [3.63, 3.8) is 0 Å². The van der Waals surface area contributed by atoms with Gasteiger partial charge in [0.05, 0.1) is 0 Å². The van der Waals surface area contributed by atoms with Crippen LogP contribution in [-0.2, 0) is 11.2 Å². The van der Waals surface area contributed by atoms with Crippen LogP contribution in [0.3, 0.4) is 0 Å². The molecule has 0 saturated carbocycles. The Balaban J connectivity index is 2.96. The zero-order chi connectivity index (χ0) is 13.2. The average molecular weight is 241 g/mol. The fourth-order valence-corrected chi connectivity index (χ4v) is 1.39. The van der Waals surface area contributed by atoms with Crippen LogP contribution in [0.25, 0.3) is 0 Å². The maximum atomic E-state index is 13.4. The van der Waals surface area contributed by atoms with Crippen molar-refractivity contribution in [1.82, 2.24) is 0 Å². The van der Waals surface area contributed by atoms with E-state index in [0.717, 1.165) is 6.07 Å². The Morgan fingerprint density at radius 2 is 2.12 bits per heavy atom. The summed E-state index contributed by atoms with van der Waals surface area (Å²) in [6.07, 6.45) is -0.0545. The molecule has 7 heteroatoms. The molecule has 0 saturated heterocycles. The molecule has 0 aliphatic heterocycles. The fraction of sp³-hybridized carbons (Fsp3) is 0.300. The third-order valence-electron chi connectivity index (χ3n) is 2.40. The van der Waals surface area contributed by atoms with Gasteiger partial charge in [-0.15, -0.1) is 0 Å². The lowest BCUT2D eigenvalue weighted by Gasteiger charge is -2.19. The van der Waals surface area contributed by atoms with E-state index in [-0.39, 0.29) is 11.9 Å². The fourth-order valence-electron chi connectivity index (χ4n) is 1.39. The molecule has 1 aromatic carbocycles. The van der Waals surface area contributed by atoms with Gasteiger partial charge < -0.3 is 20.9 Å². The lowest BCUT2D eigenvalue weighted by Crippen LogP contribution is -2.47. The predicted molar refractivity (Wildman–Crippen MR) is 60.2 cm³/mol. The van der Waals surface area contributed by atoms with Crippen LogP contribution in [0.5, 0.6) is 0 Å². The molecule has 0 fully saturated rings. The van der Waals surface area contributed by atoms with Gasteiger partial charge >= 0.3 is 13.1 Å². The Kier molecular flexibility index (Phi) is 3.87. The van der Waals surface area contributed by atoms with Gasteiger partial charge in [0.25, 0.3) is 0 Å². The minimum absolute atomic E-state index is 0.0545. The minimum Gasteiger partial charge on any atom is -0.480 e. The van der Waals surface area contributed by atoms with Gasteiger partial charge in [-0.2, -0.15) is 0 Å². The van der Waals surface area contributed by atoms with Gasteiger partial charge in [-0.3, -0.25) is 4.79 Å². The van der Waals surface area contributed by atoms with Crippen LogP contribution < -0.4 is 11.2 Å². The van der Waals surface area contributed by atoms with E-state index in [0.29, 0.717) is 5.56 Å². The summed E-state index contributed by atoms with van der Waals surface area (Å²) in [6.45, 7) is 1.32. The molecule has 0 heterocycles. The molecule has 5 N–H and O–H groups in total. The van der Waals surface area contributed by atoms with Crippen molar-refractivity contribution in [3.05, 3.63) is 29.6 Å². The van der Waals surface area contributed by atoms with Crippen molar-refractivity contribution in [3.8, 4) is 0 Å². The molecule has 1 rings (SSSR count). The first-order valence-corrected chi connectivity index (χ1v) is 4.91. The number of aliphatic carboxylic acids is 1. The van der Waals surface area contributed by atoms with Gasteiger partial charge in [0, 0.05) is 11.9 Å². The lowest BCUT2D eigenvalue weighted by atomic mass is 9.79. The molecule has 92 valence electrons. The average Bonchev–Trinajstić information content (AvgIpc) is 2.15. The van der Waals surface area contributed by atoms with Crippen molar-refractivity contribution in [2.24, 2.45) is 5.73 Å². The third-order valence-corrected chi connectivity index (χ3v) is 2.40. The minimum atomic E-state index is -1.90. The first-order valence-electron chi connectivity index (χ1n) is 4.91. The van der Waals surface area contributed by atoms with E-state index < -0.39 is 24.4 Å². The standard InChI is InChI=1S/C10H13BFNO4/c1-10(13,9(14)15)5-6-2-3-7(11(16)17)8(12)4-6/h2-4,16-17H,5,13H2,1H3,(H,14,15)/t10-/m1/s1. The van der Waals surface area contributed by atoms with E-state index in [1.807, 2.05) is 0 Å². The van der Waals surface area contributed by atoms with Gasteiger partial charge in [-0.1, -0.05) is 12.1 Å². The summed E-state index contributed by atoms with van der Waals surface area (Å²) in [5.41, 5.74) is 4.14. The lowest BCUT2D eigenvalue weighted by molar-refractivity contribution is -0.142. The second kappa shape index (κ2) is 4.83. The number of halogens is 1. The topological polar surface area (TPSA) is 104 Å². The van der Waals surface area contributed by atoms with Crippen LogP contribution in [0.4, 0.5) is 4.39 Å². The number of carboxylic acid groups (broad SMARTS) is 1. The number of nitrogens with two attached hydrogens (primary N) is 1. The Morgan fingerprint density at radius 3 is 2.53 bits per heavy atom. The van der Waals surface area contributed by atoms with E-state index in [1.165, 1.54) is 19.1 Å². The number of hydrogen-bond acceptors (Lipinski definition) is 4. The van der Waals surface area contributed by atoms with Crippen molar-refractivity contribution in [2.75, 3.05) is 0 Å². The summed E-state index contributed by atoms with van der Waals surface area (Å²) in [6, 6.07) is 3.64. The van der Waals surface area contributed by atoms with Crippen LogP contribution in [0.2, 0.25) is 0 Å². The van der Waals surface area contributed by atoms with Crippen LogP contribution in [0, 0.1) is 5.82 Å². The van der Waals surface area contributed by atoms with Crippen molar-refractivity contribution < 1.29 is 24.3 Å². The molecule has 5 nitrogen and oxygen atoms in total. The van der Waals surface area contributed by atoms with Crippen LogP contribution in [-0.4, -0.2) is 33.8 Å². The van der Waals surface area contributed by atoms with E-state index in [2.05, 4.69) is 0 Å². The van der Waals surface area contributed by atoms with Crippen LogP contribution in [0.1, 0.15) is 12.5 Å². The molecule has 1 aromatic rings. The summed E-state index contributed by atoms with van der Waals surface area (Å²) in [5.74, 6) is -2.00. The smallest absolute Gasteiger partial charge is 0.480 e. The maximum Gasteiger partial charge on any atom is 0.491 e. The van der Waals surface area contributed by atoms with E-state index in [4.69, 9.17) is 20.9 Å². The van der Waals surface area contributed by atoms with Gasteiger partial charge in [0.2, 0.25) is 0 Å². The Bertz CT molecular complexity index is 436. The highest BCUT2D eigenvalue weighted by Crippen LogP contribution is 2.11. The summed E-state index contributed by atoms with van der Waals surface area (Å²) < 4.78 is 13.4. The molecular weight excluding hydrogens is 228 g/mol. The highest BCUT2D eigenvalue weighted by molar-refractivity contribution is 6.58. The van der Waals surface area contributed by atoms with Crippen molar-refractivity contribution >= 4 is 18.6 Å². The molecule has 1 atom stereocenters. The third kappa shape index (κ3) is 3.26. The quantitative estimate of drug-likeness (QED) is 0.498. The van der Waals surface area contributed by atoms with Crippen LogP contribution >= 0.6 is 0 Å². The molecule has 0 spiro atoms. The molecule has 0 aliphatic carbocycles. The van der Waals surface area contributed by atoms with E-state index in [1.54, 1.807) is 0 Å². The Labute approximate surface area is 97.8 Å². The first kappa shape index (κ1) is 13.6. The van der Waals surface area contributed by atoms with Gasteiger partial charge in [0.1, 0.15) is 11.4 Å². The largest absolute Gasteiger partial charge is 0.491 e. The maximum absolute atomic E-state index is 13.4. The summed E-state index contributed by atoms with van der Waals surface area (Å²) in [5, 5.41) is 26.4. The molecule has 0 aliphatic rings. The zero-order valence-electron chi connectivity index (χ0n) is 9.22. The monoisotopic (exact) mass is 241 g/mol. The molecule has 17 heavy (non-hydrogen) atoms. The van der Waals surface area contributed by atoms with Crippen molar-refractivity contribution in [1.29, 1.82) is 0 Å².